The molecule has 6 nitrogen and oxygen atoms in total. The quantitative estimate of drug-likeness (QED) is 0.555. The number of carbonyl (C=O) groups excluding carboxylic acids is 1. The average molecular weight is 488 g/mol. The Kier molecular flexibility index (Phi) is 7.00. The van der Waals surface area contributed by atoms with E-state index in [1.54, 1.807) is 11.3 Å². The van der Waals surface area contributed by atoms with Gasteiger partial charge in [-0.2, -0.15) is 5.10 Å². The molecule has 182 valence electrons. The monoisotopic (exact) mass is 487 g/mol. The van der Waals surface area contributed by atoms with Crippen molar-refractivity contribution in [3.05, 3.63) is 86.8 Å². The Morgan fingerprint density at radius 3 is 2.89 bits per heavy atom. The highest BCUT2D eigenvalue weighted by molar-refractivity contribution is 7.10. The molecule has 1 saturated heterocycles. The predicted octanol–water partition coefficient (Wildman–Crippen LogP) is 3.85. The van der Waals surface area contributed by atoms with Crippen molar-refractivity contribution in [3.8, 4) is 0 Å². The molecule has 2 aromatic rings. The van der Waals surface area contributed by atoms with Crippen molar-refractivity contribution in [2.24, 2.45) is 5.10 Å². The maximum absolute atomic E-state index is 12.6. The number of hydrazone groups is 1. The third kappa shape index (κ3) is 5.64. The average Bonchev–Trinajstić information content (AvgIpc) is 3.46. The number of nitrogens with one attached hydrogen (secondary N) is 3. The van der Waals surface area contributed by atoms with Crippen LogP contribution < -0.4 is 16.1 Å². The Hall–Kier alpha value is -3.00. The van der Waals surface area contributed by atoms with E-state index < -0.39 is 0 Å². The number of fused-ring (bicyclic) bond motifs is 1. The number of benzene rings is 1. The molecule has 7 heteroatoms. The van der Waals surface area contributed by atoms with Gasteiger partial charge in [0.2, 0.25) is 5.91 Å². The Labute approximate surface area is 211 Å². The predicted molar refractivity (Wildman–Crippen MR) is 144 cm³/mol. The molecule has 0 radical (unpaired) electrons. The van der Waals surface area contributed by atoms with Gasteiger partial charge >= 0.3 is 0 Å². The van der Waals surface area contributed by atoms with Gasteiger partial charge in [-0.1, -0.05) is 36.4 Å². The third-order valence-electron chi connectivity index (χ3n) is 6.85. The summed E-state index contributed by atoms with van der Waals surface area (Å²) in [5.41, 5.74) is 9.66. The molecule has 3 heterocycles. The largest absolute Gasteiger partial charge is 0.326 e. The van der Waals surface area contributed by atoms with Gasteiger partial charge in [0, 0.05) is 48.9 Å². The topological polar surface area (TPSA) is 68.8 Å². The van der Waals surface area contributed by atoms with Gasteiger partial charge in [-0.05, 0) is 60.6 Å². The molecule has 0 saturated carbocycles. The van der Waals surface area contributed by atoms with Gasteiger partial charge in [0.25, 0.3) is 0 Å². The number of carbonyl (C=O) groups is 1. The standard InChI is InChI=1S/C28H33N5OS/c1-20-18-28(2)24(17-26(20)30-27(34)16-23-7-4-14-35-23)25(31-32-28)9-8-21-5-3-6-22(15-21)19-33-12-10-29-11-13-33/h3-9,14-15,17,29,32H,10-13,16,18-19H2,1-2H3,(H,30,34)/b9-8+. The first kappa shape index (κ1) is 23.7. The smallest absolute Gasteiger partial charge is 0.229 e. The van der Waals surface area contributed by atoms with Crippen molar-refractivity contribution < 1.29 is 4.79 Å². The molecule has 1 aromatic carbocycles. The van der Waals surface area contributed by atoms with Crippen molar-refractivity contribution in [2.45, 2.75) is 38.8 Å². The summed E-state index contributed by atoms with van der Waals surface area (Å²) < 4.78 is 0. The van der Waals surface area contributed by atoms with Gasteiger partial charge in [0.15, 0.2) is 0 Å². The van der Waals surface area contributed by atoms with Crippen LogP contribution in [0, 0.1) is 0 Å². The number of thiophene rings is 1. The maximum Gasteiger partial charge on any atom is 0.229 e. The van der Waals surface area contributed by atoms with Gasteiger partial charge in [-0.25, -0.2) is 0 Å². The van der Waals surface area contributed by atoms with Crippen molar-refractivity contribution in [1.82, 2.24) is 21.0 Å². The molecule has 0 spiro atoms. The molecule has 3 aliphatic rings. The zero-order chi connectivity index (χ0) is 24.3. The summed E-state index contributed by atoms with van der Waals surface area (Å²) in [6.45, 7) is 9.54. The summed E-state index contributed by atoms with van der Waals surface area (Å²) in [5, 5.41) is 13.2. The molecule has 1 aliphatic carbocycles. The lowest BCUT2D eigenvalue weighted by Gasteiger charge is -2.31. The third-order valence-corrected chi connectivity index (χ3v) is 7.73. The summed E-state index contributed by atoms with van der Waals surface area (Å²) in [6.07, 6.45) is 7.51. The Bertz CT molecular complexity index is 1200. The lowest BCUT2D eigenvalue weighted by Crippen LogP contribution is -2.42. The van der Waals surface area contributed by atoms with Crippen LogP contribution in [-0.2, 0) is 17.8 Å². The second-order valence-corrected chi connectivity index (χ2v) is 10.8. The van der Waals surface area contributed by atoms with E-state index in [0.717, 1.165) is 66.6 Å². The normalized spacial score (nSPS) is 22.6. The van der Waals surface area contributed by atoms with Crippen LogP contribution in [0.2, 0.25) is 0 Å². The molecule has 35 heavy (non-hydrogen) atoms. The second kappa shape index (κ2) is 10.3. The summed E-state index contributed by atoms with van der Waals surface area (Å²) >= 11 is 1.61. The molecule has 2 aliphatic heterocycles. The fourth-order valence-electron chi connectivity index (χ4n) is 4.98. The van der Waals surface area contributed by atoms with Gasteiger partial charge in [-0.15, -0.1) is 11.3 Å². The summed E-state index contributed by atoms with van der Waals surface area (Å²) in [7, 11) is 0. The molecule has 0 bridgehead atoms. The summed E-state index contributed by atoms with van der Waals surface area (Å²) in [5.74, 6) is 0.0172. The van der Waals surface area contributed by atoms with E-state index in [9.17, 15) is 4.79 Å². The minimum atomic E-state index is -0.254. The number of rotatable bonds is 7. The number of amides is 1. The molecule has 1 unspecified atom stereocenters. The first-order chi connectivity index (χ1) is 17.0. The summed E-state index contributed by atoms with van der Waals surface area (Å²) in [4.78, 5) is 16.2. The van der Waals surface area contributed by atoms with E-state index >= 15 is 0 Å². The molecular weight excluding hydrogens is 454 g/mol. The highest BCUT2D eigenvalue weighted by Crippen LogP contribution is 2.36. The second-order valence-electron chi connectivity index (χ2n) is 9.78. The van der Waals surface area contributed by atoms with Crippen LogP contribution in [0.5, 0.6) is 0 Å². The Morgan fingerprint density at radius 2 is 2.09 bits per heavy atom. The highest BCUT2D eigenvalue weighted by Gasteiger charge is 2.39. The van der Waals surface area contributed by atoms with Crippen LogP contribution >= 0.6 is 11.3 Å². The molecule has 1 aromatic heterocycles. The van der Waals surface area contributed by atoms with Crippen molar-refractivity contribution in [2.75, 3.05) is 26.2 Å². The van der Waals surface area contributed by atoms with E-state index in [0.29, 0.717) is 6.42 Å². The lowest BCUT2D eigenvalue weighted by atomic mass is 9.79. The van der Waals surface area contributed by atoms with E-state index in [1.165, 1.54) is 11.1 Å². The minimum Gasteiger partial charge on any atom is -0.326 e. The van der Waals surface area contributed by atoms with E-state index in [2.05, 4.69) is 82.4 Å². The number of nitrogens with zero attached hydrogens (tertiary/aromatic N) is 2. The van der Waals surface area contributed by atoms with Crippen LogP contribution in [0.3, 0.4) is 0 Å². The van der Waals surface area contributed by atoms with E-state index in [-0.39, 0.29) is 11.4 Å². The summed E-state index contributed by atoms with van der Waals surface area (Å²) in [6, 6.07) is 12.7. The van der Waals surface area contributed by atoms with Crippen LogP contribution in [0.1, 0.15) is 36.3 Å². The molecular formula is C28H33N5OS. The molecule has 3 N–H and O–H groups in total. The van der Waals surface area contributed by atoms with E-state index in [1.807, 2.05) is 17.5 Å². The SMILES string of the molecule is CC1=C(NC(=O)Cc2cccs2)C=C2C(/C=C/c3cccc(CN4CCNCC4)c3)=NNC2(C)C1. The number of piperazine rings is 1. The highest BCUT2D eigenvalue weighted by atomic mass is 32.1. The van der Waals surface area contributed by atoms with Crippen LogP contribution in [-0.4, -0.2) is 48.2 Å². The molecule has 1 atom stereocenters. The number of allylic oxidation sites excluding steroid dienone is 2. The molecule has 1 fully saturated rings. The number of hydrogen-bond donors (Lipinski definition) is 3. The Balaban J connectivity index is 1.29. The zero-order valence-corrected chi connectivity index (χ0v) is 21.3. The first-order valence-electron chi connectivity index (χ1n) is 12.3. The maximum atomic E-state index is 12.6. The van der Waals surface area contributed by atoms with Crippen LogP contribution in [0.25, 0.3) is 6.08 Å². The van der Waals surface area contributed by atoms with E-state index in [4.69, 9.17) is 0 Å². The van der Waals surface area contributed by atoms with Gasteiger partial charge < -0.3 is 10.6 Å². The van der Waals surface area contributed by atoms with Crippen LogP contribution in [0.4, 0.5) is 0 Å². The van der Waals surface area contributed by atoms with Gasteiger partial charge in [-0.3, -0.25) is 15.1 Å². The fourth-order valence-corrected chi connectivity index (χ4v) is 5.68. The van der Waals surface area contributed by atoms with Gasteiger partial charge in [0.05, 0.1) is 17.7 Å². The van der Waals surface area contributed by atoms with Crippen molar-refractivity contribution in [3.63, 3.8) is 0 Å². The van der Waals surface area contributed by atoms with Crippen molar-refractivity contribution in [1.29, 1.82) is 0 Å². The first-order valence-corrected chi connectivity index (χ1v) is 13.2. The lowest BCUT2D eigenvalue weighted by molar-refractivity contribution is -0.119. The van der Waals surface area contributed by atoms with Crippen molar-refractivity contribution >= 4 is 29.0 Å². The fraction of sp³-hybridized carbons (Fsp3) is 0.357. The minimum absolute atomic E-state index is 0.0172. The Morgan fingerprint density at radius 1 is 1.23 bits per heavy atom. The molecule has 5 rings (SSSR count). The van der Waals surface area contributed by atoms with Crippen LogP contribution in [0.15, 0.2) is 75.9 Å². The number of hydrogen-bond acceptors (Lipinski definition) is 6. The molecule has 1 amide bonds. The van der Waals surface area contributed by atoms with Gasteiger partial charge in [0.1, 0.15) is 0 Å². The zero-order valence-electron chi connectivity index (χ0n) is 20.4.